The molecule has 0 bridgehead atoms. The minimum atomic E-state index is -0.187. The Labute approximate surface area is 156 Å². The third kappa shape index (κ3) is 4.54. The first-order valence-electron chi connectivity index (χ1n) is 9.53. The Kier molecular flexibility index (Phi) is 6.14. The molecule has 1 atom stereocenters. The van der Waals surface area contributed by atoms with Gasteiger partial charge in [-0.2, -0.15) is 0 Å². The van der Waals surface area contributed by atoms with Gasteiger partial charge in [0.15, 0.2) is 5.96 Å². The third-order valence-corrected chi connectivity index (χ3v) is 5.53. The maximum atomic E-state index is 13.6. The number of guanidine groups is 1. The average molecular weight is 362 g/mol. The maximum Gasteiger partial charge on any atom is 0.193 e. The Balaban J connectivity index is 1.56. The number of rotatable bonds is 4. The fourth-order valence-corrected chi connectivity index (χ4v) is 3.82. The Bertz CT molecular complexity index is 628. The molecule has 0 radical (unpaired) electrons. The van der Waals surface area contributed by atoms with Gasteiger partial charge in [-0.05, 0) is 24.1 Å². The molecule has 6 heteroatoms. The van der Waals surface area contributed by atoms with Crippen LogP contribution in [0.3, 0.4) is 0 Å². The summed E-state index contributed by atoms with van der Waals surface area (Å²) in [4.78, 5) is 9.35. The van der Waals surface area contributed by atoms with Crippen LogP contribution in [0.2, 0.25) is 0 Å². The zero-order chi connectivity index (χ0) is 18.6. The van der Waals surface area contributed by atoms with E-state index >= 15 is 0 Å². The van der Waals surface area contributed by atoms with Crippen LogP contribution in [-0.4, -0.2) is 74.8 Å². The molecule has 2 saturated heterocycles. The van der Waals surface area contributed by atoms with Crippen LogP contribution >= 0.6 is 0 Å². The zero-order valence-corrected chi connectivity index (χ0v) is 16.2. The second-order valence-electron chi connectivity index (χ2n) is 7.83. The number of aliphatic imine (C=N–C) groups is 1. The van der Waals surface area contributed by atoms with Crippen LogP contribution in [0, 0.1) is 5.82 Å². The van der Waals surface area contributed by atoms with Crippen molar-refractivity contribution >= 4 is 5.96 Å². The van der Waals surface area contributed by atoms with E-state index in [9.17, 15) is 4.39 Å². The van der Waals surface area contributed by atoms with Gasteiger partial charge in [0.25, 0.3) is 0 Å². The number of hydrogen-bond donors (Lipinski definition) is 1. The zero-order valence-electron chi connectivity index (χ0n) is 16.2. The molecule has 26 heavy (non-hydrogen) atoms. The molecular formula is C20H31FN4O. The summed E-state index contributed by atoms with van der Waals surface area (Å²) in [6, 6.07) is 7.44. The van der Waals surface area contributed by atoms with Crippen molar-refractivity contribution in [2.75, 3.05) is 53.0 Å². The van der Waals surface area contributed by atoms with E-state index in [1.807, 2.05) is 13.1 Å². The predicted octanol–water partition coefficient (Wildman–Crippen LogP) is 2.09. The summed E-state index contributed by atoms with van der Waals surface area (Å²) in [5.74, 6) is 0.748. The molecule has 3 rings (SSSR count). The number of nitrogens with zero attached hydrogens (tertiary/aromatic N) is 3. The molecule has 2 fully saturated rings. The topological polar surface area (TPSA) is 40.1 Å². The summed E-state index contributed by atoms with van der Waals surface area (Å²) >= 11 is 0. The molecule has 1 aromatic carbocycles. The van der Waals surface area contributed by atoms with Crippen LogP contribution in [0.25, 0.3) is 0 Å². The van der Waals surface area contributed by atoms with Crippen molar-refractivity contribution in [2.45, 2.75) is 31.7 Å². The van der Waals surface area contributed by atoms with Crippen LogP contribution in [0.5, 0.6) is 0 Å². The summed E-state index contributed by atoms with van der Waals surface area (Å²) in [5.41, 5.74) is 0.814. The first-order valence-corrected chi connectivity index (χ1v) is 9.53. The van der Waals surface area contributed by atoms with Crippen molar-refractivity contribution < 1.29 is 9.13 Å². The monoisotopic (exact) mass is 362 g/mol. The van der Waals surface area contributed by atoms with Crippen molar-refractivity contribution in [1.29, 1.82) is 0 Å². The smallest absolute Gasteiger partial charge is 0.193 e. The van der Waals surface area contributed by atoms with Crippen molar-refractivity contribution in [3.8, 4) is 0 Å². The molecule has 0 aliphatic carbocycles. The minimum Gasteiger partial charge on any atom is -0.379 e. The standard InChI is InChI=1S/C20H31FN4O/c1-20(2,16-5-4-6-17(21)13-16)15-23-19(22-3)25-8-7-18(14-25)24-9-11-26-12-10-24/h4-6,13,18H,7-12,14-15H2,1-3H3,(H,22,23). The number of ether oxygens (including phenoxy) is 1. The molecular weight excluding hydrogens is 331 g/mol. The molecule has 0 spiro atoms. The van der Waals surface area contributed by atoms with Crippen LogP contribution in [0.15, 0.2) is 29.3 Å². The van der Waals surface area contributed by atoms with Gasteiger partial charge in [0.1, 0.15) is 5.82 Å². The van der Waals surface area contributed by atoms with Gasteiger partial charge in [-0.3, -0.25) is 9.89 Å². The summed E-state index contributed by atoms with van der Waals surface area (Å²) < 4.78 is 19.0. The van der Waals surface area contributed by atoms with Gasteiger partial charge in [0.05, 0.1) is 13.2 Å². The van der Waals surface area contributed by atoms with E-state index in [1.165, 1.54) is 6.07 Å². The molecule has 0 aromatic heterocycles. The molecule has 2 aliphatic heterocycles. The average Bonchev–Trinajstić information content (AvgIpc) is 3.13. The van der Waals surface area contributed by atoms with Gasteiger partial charge >= 0.3 is 0 Å². The van der Waals surface area contributed by atoms with Gasteiger partial charge in [-0.1, -0.05) is 26.0 Å². The SMILES string of the molecule is CN=C(NCC(C)(C)c1cccc(F)c1)N1CCC(N2CCOCC2)C1. The molecule has 1 unspecified atom stereocenters. The van der Waals surface area contributed by atoms with E-state index in [1.54, 1.807) is 12.1 Å². The van der Waals surface area contributed by atoms with E-state index in [4.69, 9.17) is 4.74 Å². The molecule has 2 aliphatic rings. The fraction of sp³-hybridized carbons (Fsp3) is 0.650. The van der Waals surface area contributed by atoms with Crippen LogP contribution < -0.4 is 5.32 Å². The largest absolute Gasteiger partial charge is 0.379 e. The molecule has 0 saturated carbocycles. The van der Waals surface area contributed by atoms with Crippen LogP contribution in [0.1, 0.15) is 25.8 Å². The highest BCUT2D eigenvalue weighted by Crippen LogP contribution is 2.23. The Morgan fingerprint density at radius 3 is 2.77 bits per heavy atom. The molecule has 1 aromatic rings. The Morgan fingerprint density at radius 1 is 1.31 bits per heavy atom. The van der Waals surface area contributed by atoms with Crippen molar-refractivity contribution in [1.82, 2.24) is 15.1 Å². The third-order valence-electron chi connectivity index (χ3n) is 5.53. The van der Waals surface area contributed by atoms with Gasteiger partial charge < -0.3 is 15.0 Å². The summed E-state index contributed by atoms with van der Waals surface area (Å²) in [7, 11) is 1.83. The second kappa shape index (κ2) is 8.35. The van der Waals surface area contributed by atoms with Gasteiger partial charge in [-0.15, -0.1) is 0 Å². The molecule has 0 amide bonds. The van der Waals surface area contributed by atoms with Crippen LogP contribution in [-0.2, 0) is 10.2 Å². The Morgan fingerprint density at radius 2 is 2.08 bits per heavy atom. The van der Waals surface area contributed by atoms with Gasteiger partial charge in [0.2, 0.25) is 0 Å². The summed E-state index contributed by atoms with van der Waals surface area (Å²) in [6.45, 7) is 10.7. The lowest BCUT2D eigenvalue weighted by Crippen LogP contribution is -2.48. The summed E-state index contributed by atoms with van der Waals surface area (Å²) in [6.07, 6.45) is 1.16. The lowest BCUT2D eigenvalue weighted by Gasteiger charge is -2.33. The lowest BCUT2D eigenvalue weighted by atomic mass is 9.84. The number of halogens is 1. The number of likely N-dealkylation sites (tertiary alicyclic amines) is 1. The Hall–Kier alpha value is -1.66. The number of benzene rings is 1. The highest BCUT2D eigenvalue weighted by atomic mass is 19.1. The highest BCUT2D eigenvalue weighted by molar-refractivity contribution is 5.80. The molecule has 144 valence electrons. The summed E-state index contributed by atoms with van der Waals surface area (Å²) in [5, 5.41) is 3.50. The number of nitrogens with one attached hydrogen (secondary N) is 1. The molecule has 5 nitrogen and oxygen atoms in total. The molecule has 1 N–H and O–H groups in total. The van der Waals surface area contributed by atoms with Crippen molar-refractivity contribution in [3.63, 3.8) is 0 Å². The van der Waals surface area contributed by atoms with Crippen molar-refractivity contribution in [2.24, 2.45) is 4.99 Å². The maximum absolute atomic E-state index is 13.6. The van der Waals surface area contributed by atoms with Gasteiger partial charge in [0, 0.05) is 51.2 Å². The minimum absolute atomic E-state index is 0.179. The van der Waals surface area contributed by atoms with E-state index in [-0.39, 0.29) is 11.2 Å². The first-order chi connectivity index (χ1) is 12.5. The fourth-order valence-electron chi connectivity index (χ4n) is 3.82. The highest BCUT2D eigenvalue weighted by Gasteiger charge is 2.31. The van der Waals surface area contributed by atoms with Gasteiger partial charge in [-0.25, -0.2) is 4.39 Å². The van der Waals surface area contributed by atoms with E-state index in [2.05, 4.69) is 34.0 Å². The quantitative estimate of drug-likeness (QED) is 0.658. The first kappa shape index (κ1) is 19.1. The normalized spacial score (nSPS) is 22.7. The number of morpholine rings is 1. The lowest BCUT2D eigenvalue weighted by molar-refractivity contribution is 0.0195. The second-order valence-corrected chi connectivity index (χ2v) is 7.83. The van der Waals surface area contributed by atoms with E-state index in [0.717, 1.165) is 57.3 Å². The predicted molar refractivity (Wildman–Crippen MR) is 103 cm³/mol. The molecule has 2 heterocycles. The number of hydrogen-bond acceptors (Lipinski definition) is 3. The van der Waals surface area contributed by atoms with E-state index < -0.39 is 0 Å². The van der Waals surface area contributed by atoms with Crippen LogP contribution in [0.4, 0.5) is 4.39 Å². The van der Waals surface area contributed by atoms with E-state index in [0.29, 0.717) is 12.6 Å². The van der Waals surface area contributed by atoms with Crippen molar-refractivity contribution in [3.05, 3.63) is 35.6 Å².